The molecular formula is C27H33N3O3. The number of rotatable bonds is 7. The van der Waals surface area contributed by atoms with Crippen molar-refractivity contribution in [2.24, 2.45) is 0 Å². The fourth-order valence-electron chi connectivity index (χ4n) is 4.62. The molecule has 0 saturated carbocycles. The van der Waals surface area contributed by atoms with Crippen molar-refractivity contribution in [2.45, 2.75) is 46.0 Å². The van der Waals surface area contributed by atoms with E-state index in [2.05, 4.69) is 36.3 Å². The van der Waals surface area contributed by atoms with E-state index in [1.807, 2.05) is 11.1 Å². The van der Waals surface area contributed by atoms with E-state index in [4.69, 9.17) is 4.74 Å². The van der Waals surface area contributed by atoms with Gasteiger partial charge in [-0.15, -0.1) is 0 Å². The molecule has 2 aromatic carbocycles. The number of hydrogen-bond donors (Lipinski definition) is 1. The fraction of sp³-hybridized carbons (Fsp3) is 0.407. The van der Waals surface area contributed by atoms with E-state index in [-0.39, 0.29) is 18.1 Å². The Morgan fingerprint density at radius 3 is 2.39 bits per heavy atom. The number of ketones is 1. The maximum atomic E-state index is 13.6. The van der Waals surface area contributed by atoms with Crippen molar-refractivity contribution in [3.63, 3.8) is 0 Å². The first-order chi connectivity index (χ1) is 16.0. The lowest BCUT2D eigenvalue weighted by Gasteiger charge is -2.40. The molecule has 0 aromatic heterocycles. The topological polar surface area (TPSA) is 61.9 Å². The molecule has 2 aliphatic rings. The summed E-state index contributed by atoms with van der Waals surface area (Å²) < 4.78 is 5.20. The average molecular weight is 448 g/mol. The highest BCUT2D eigenvalue weighted by Gasteiger charge is 2.33. The van der Waals surface area contributed by atoms with E-state index in [1.54, 1.807) is 31.4 Å². The first kappa shape index (κ1) is 23.1. The number of hydrogen-bond acceptors (Lipinski definition) is 5. The predicted octanol–water partition coefficient (Wildman–Crippen LogP) is 4.88. The molecule has 174 valence electrons. The SMILES string of the molecule is COc1ccc(C(=O)CC2=C(Nc3ccc(C)cc3C)CCN(N3CCCCC3)C2=O)cc1. The molecule has 2 aromatic rings. The van der Waals surface area contributed by atoms with Gasteiger partial charge in [0.2, 0.25) is 0 Å². The minimum Gasteiger partial charge on any atom is -0.497 e. The van der Waals surface area contributed by atoms with Crippen LogP contribution in [0.25, 0.3) is 0 Å². The summed E-state index contributed by atoms with van der Waals surface area (Å²) in [6, 6.07) is 13.3. The summed E-state index contributed by atoms with van der Waals surface area (Å²) in [4.78, 5) is 26.8. The number of nitrogens with zero attached hydrogens (tertiary/aromatic N) is 2. The molecule has 1 fully saturated rings. The third kappa shape index (κ3) is 5.28. The largest absolute Gasteiger partial charge is 0.497 e. The van der Waals surface area contributed by atoms with E-state index in [0.717, 1.165) is 42.9 Å². The molecule has 0 radical (unpaired) electrons. The van der Waals surface area contributed by atoms with Crippen LogP contribution in [0.3, 0.4) is 0 Å². The number of nitrogens with one attached hydrogen (secondary N) is 1. The van der Waals surface area contributed by atoms with Crippen LogP contribution in [-0.4, -0.2) is 48.5 Å². The van der Waals surface area contributed by atoms with E-state index >= 15 is 0 Å². The van der Waals surface area contributed by atoms with Crippen LogP contribution in [0, 0.1) is 13.8 Å². The van der Waals surface area contributed by atoms with Gasteiger partial charge in [-0.25, -0.2) is 5.01 Å². The van der Waals surface area contributed by atoms with Gasteiger partial charge in [-0.2, -0.15) is 0 Å². The lowest BCUT2D eigenvalue weighted by atomic mass is 9.96. The molecule has 1 N–H and O–H groups in total. The quantitative estimate of drug-likeness (QED) is 0.613. The summed E-state index contributed by atoms with van der Waals surface area (Å²) in [6.45, 7) is 6.54. The molecule has 2 aliphatic heterocycles. The molecule has 0 bridgehead atoms. The fourth-order valence-corrected chi connectivity index (χ4v) is 4.62. The Morgan fingerprint density at radius 1 is 1.00 bits per heavy atom. The number of hydrazine groups is 1. The summed E-state index contributed by atoms with van der Waals surface area (Å²) in [5.41, 5.74) is 5.28. The summed E-state index contributed by atoms with van der Waals surface area (Å²) in [5.74, 6) is 0.576. The molecule has 0 atom stereocenters. The van der Waals surface area contributed by atoms with E-state index in [0.29, 0.717) is 29.9 Å². The number of amides is 1. The van der Waals surface area contributed by atoms with Crippen LogP contribution in [0.2, 0.25) is 0 Å². The van der Waals surface area contributed by atoms with Crippen molar-refractivity contribution in [1.29, 1.82) is 0 Å². The highest BCUT2D eigenvalue weighted by molar-refractivity contribution is 6.06. The monoisotopic (exact) mass is 447 g/mol. The smallest absolute Gasteiger partial charge is 0.266 e. The van der Waals surface area contributed by atoms with Crippen LogP contribution in [0.15, 0.2) is 53.7 Å². The molecule has 1 saturated heterocycles. The van der Waals surface area contributed by atoms with Gasteiger partial charge in [0.05, 0.1) is 7.11 Å². The Labute approximate surface area is 196 Å². The van der Waals surface area contributed by atoms with E-state index in [1.165, 1.54) is 12.0 Å². The van der Waals surface area contributed by atoms with Crippen molar-refractivity contribution >= 4 is 17.4 Å². The van der Waals surface area contributed by atoms with Gasteiger partial charge in [-0.3, -0.25) is 14.6 Å². The summed E-state index contributed by atoms with van der Waals surface area (Å²) in [5, 5.41) is 7.53. The number of ether oxygens (including phenoxy) is 1. The molecule has 4 rings (SSSR count). The Balaban J connectivity index is 1.63. The van der Waals surface area contributed by atoms with Crippen molar-refractivity contribution < 1.29 is 14.3 Å². The van der Waals surface area contributed by atoms with Crippen molar-refractivity contribution in [2.75, 3.05) is 32.1 Å². The number of benzene rings is 2. The maximum absolute atomic E-state index is 13.6. The second-order valence-corrected chi connectivity index (χ2v) is 8.92. The zero-order valence-electron chi connectivity index (χ0n) is 19.8. The maximum Gasteiger partial charge on any atom is 0.266 e. The third-order valence-electron chi connectivity index (χ3n) is 6.52. The van der Waals surface area contributed by atoms with Crippen molar-refractivity contribution in [3.05, 3.63) is 70.4 Å². The number of Topliss-reactive ketones (excluding diaryl/α,β-unsaturated/α-hetero) is 1. The van der Waals surface area contributed by atoms with Gasteiger partial charge in [0, 0.05) is 55.0 Å². The Morgan fingerprint density at radius 2 is 1.73 bits per heavy atom. The van der Waals surface area contributed by atoms with Crippen LogP contribution in [-0.2, 0) is 4.79 Å². The molecule has 0 spiro atoms. The molecule has 6 heteroatoms. The first-order valence-electron chi connectivity index (χ1n) is 11.8. The van der Waals surface area contributed by atoms with Crippen LogP contribution in [0.4, 0.5) is 5.69 Å². The van der Waals surface area contributed by atoms with Gasteiger partial charge in [0.15, 0.2) is 5.78 Å². The molecule has 6 nitrogen and oxygen atoms in total. The lowest BCUT2D eigenvalue weighted by Crippen LogP contribution is -2.52. The molecular weight excluding hydrogens is 414 g/mol. The number of piperidine rings is 1. The normalized spacial score (nSPS) is 17.3. The number of methoxy groups -OCH3 is 1. The Hall–Kier alpha value is -3.12. The molecule has 33 heavy (non-hydrogen) atoms. The summed E-state index contributed by atoms with van der Waals surface area (Å²) in [6.07, 6.45) is 4.17. The number of carbonyl (C=O) groups is 2. The van der Waals surface area contributed by atoms with Crippen molar-refractivity contribution in [1.82, 2.24) is 10.0 Å². The van der Waals surface area contributed by atoms with Gasteiger partial charge in [0.25, 0.3) is 5.91 Å². The zero-order valence-corrected chi connectivity index (χ0v) is 19.8. The van der Waals surface area contributed by atoms with E-state index < -0.39 is 0 Å². The third-order valence-corrected chi connectivity index (χ3v) is 6.52. The zero-order chi connectivity index (χ0) is 23.4. The molecule has 0 unspecified atom stereocenters. The Kier molecular flexibility index (Phi) is 7.14. The van der Waals surface area contributed by atoms with Crippen LogP contribution < -0.4 is 10.1 Å². The summed E-state index contributed by atoms with van der Waals surface area (Å²) >= 11 is 0. The molecule has 0 aliphatic carbocycles. The second kappa shape index (κ2) is 10.2. The average Bonchev–Trinajstić information content (AvgIpc) is 2.83. The second-order valence-electron chi connectivity index (χ2n) is 8.92. The first-order valence-corrected chi connectivity index (χ1v) is 11.8. The van der Waals surface area contributed by atoms with Crippen LogP contribution in [0.5, 0.6) is 5.75 Å². The predicted molar refractivity (Wildman–Crippen MR) is 130 cm³/mol. The highest BCUT2D eigenvalue weighted by Crippen LogP contribution is 2.29. The minimum absolute atomic E-state index is 0.0581. The lowest BCUT2D eigenvalue weighted by molar-refractivity contribution is -0.147. The summed E-state index contributed by atoms with van der Waals surface area (Å²) in [7, 11) is 1.60. The number of carbonyl (C=O) groups excluding carboxylic acids is 2. The van der Waals surface area contributed by atoms with Gasteiger partial charge >= 0.3 is 0 Å². The number of anilines is 1. The van der Waals surface area contributed by atoms with Crippen LogP contribution >= 0.6 is 0 Å². The van der Waals surface area contributed by atoms with Gasteiger partial charge in [-0.05, 0) is 62.6 Å². The minimum atomic E-state index is -0.0681. The van der Waals surface area contributed by atoms with E-state index in [9.17, 15) is 9.59 Å². The molecule has 2 heterocycles. The van der Waals surface area contributed by atoms with Crippen molar-refractivity contribution in [3.8, 4) is 5.75 Å². The van der Waals surface area contributed by atoms with Crippen LogP contribution in [0.1, 0.15) is 53.6 Å². The number of aryl methyl sites for hydroxylation is 2. The van der Waals surface area contributed by atoms with Gasteiger partial charge < -0.3 is 10.1 Å². The van der Waals surface area contributed by atoms with Gasteiger partial charge in [0.1, 0.15) is 5.75 Å². The highest BCUT2D eigenvalue weighted by atomic mass is 16.5. The Bertz CT molecular complexity index is 1050. The standard InChI is InChI=1S/C27H33N3O3/c1-19-7-12-24(20(2)17-19)28-25-13-16-30(29-14-5-4-6-15-29)27(32)23(25)18-26(31)21-8-10-22(33-3)11-9-21/h7-12,17,28H,4-6,13-16,18H2,1-3H3. The van der Waals surface area contributed by atoms with Gasteiger partial charge in [-0.1, -0.05) is 24.1 Å². The molecule has 1 amide bonds.